The van der Waals surface area contributed by atoms with Gasteiger partial charge >= 0.3 is 0 Å². The van der Waals surface area contributed by atoms with Crippen LogP contribution in [-0.4, -0.2) is 18.1 Å². The van der Waals surface area contributed by atoms with Crippen LogP contribution in [0.4, 0.5) is 0 Å². The van der Waals surface area contributed by atoms with Crippen molar-refractivity contribution in [1.82, 2.24) is 0 Å². The first-order valence-electron chi connectivity index (χ1n) is 5.40. The lowest BCUT2D eigenvalue weighted by atomic mass is 9.87. The molecule has 2 heteroatoms. The molecule has 1 aliphatic rings. The van der Waals surface area contributed by atoms with E-state index in [1.807, 2.05) is 0 Å². The Labute approximate surface area is 86.8 Å². The molecule has 1 nitrogen and oxygen atoms in total. The minimum Gasteiger partial charge on any atom is -0.378 e. The molecule has 0 N–H and O–H groups in total. The van der Waals surface area contributed by atoms with Gasteiger partial charge in [-0.3, -0.25) is 0 Å². The topological polar surface area (TPSA) is 9.23 Å². The van der Waals surface area contributed by atoms with Crippen LogP contribution in [-0.2, 0) is 4.74 Å². The van der Waals surface area contributed by atoms with E-state index in [4.69, 9.17) is 16.3 Å². The van der Waals surface area contributed by atoms with Gasteiger partial charge in [-0.25, -0.2) is 0 Å². The summed E-state index contributed by atoms with van der Waals surface area (Å²) < 4.78 is 5.71. The Balaban J connectivity index is 2.41. The molecule has 13 heavy (non-hydrogen) atoms. The molecule has 0 aromatic heterocycles. The van der Waals surface area contributed by atoms with Crippen molar-refractivity contribution in [1.29, 1.82) is 0 Å². The van der Waals surface area contributed by atoms with Crippen LogP contribution < -0.4 is 0 Å². The van der Waals surface area contributed by atoms with Gasteiger partial charge in [0, 0.05) is 12.0 Å². The monoisotopic (exact) mass is 204 g/mol. The van der Waals surface area contributed by atoms with E-state index in [0.29, 0.717) is 23.3 Å². The van der Waals surface area contributed by atoms with Crippen molar-refractivity contribution >= 4 is 11.6 Å². The lowest BCUT2D eigenvalue weighted by molar-refractivity contribution is -0.0346. The number of hydrogen-bond acceptors (Lipinski definition) is 1. The Morgan fingerprint density at radius 1 is 1.46 bits per heavy atom. The summed E-state index contributed by atoms with van der Waals surface area (Å²) in [6.07, 6.45) is 3.81. The third-order valence-electron chi connectivity index (χ3n) is 3.00. The van der Waals surface area contributed by atoms with E-state index in [9.17, 15) is 0 Å². The highest BCUT2D eigenvalue weighted by Crippen LogP contribution is 2.30. The Hall–Kier alpha value is 0.250. The van der Waals surface area contributed by atoms with Gasteiger partial charge in [0.25, 0.3) is 0 Å². The van der Waals surface area contributed by atoms with E-state index in [1.165, 1.54) is 0 Å². The second-order valence-corrected chi connectivity index (χ2v) is 4.92. The quantitative estimate of drug-likeness (QED) is 0.640. The predicted octanol–water partition coefficient (Wildman–Crippen LogP) is 3.46. The van der Waals surface area contributed by atoms with E-state index < -0.39 is 0 Å². The standard InChI is InChI=1S/C11H21ClO/c1-4-10(12)9-5-6-13-11(7-9)8(2)3/h8-11H,4-7H2,1-3H3. The van der Waals surface area contributed by atoms with Crippen LogP contribution >= 0.6 is 11.6 Å². The van der Waals surface area contributed by atoms with Gasteiger partial charge in [0.15, 0.2) is 0 Å². The van der Waals surface area contributed by atoms with Crippen LogP contribution in [0.1, 0.15) is 40.0 Å². The van der Waals surface area contributed by atoms with Gasteiger partial charge < -0.3 is 4.74 Å². The summed E-state index contributed by atoms with van der Waals surface area (Å²) in [6, 6.07) is 0. The van der Waals surface area contributed by atoms with Crippen molar-refractivity contribution in [3.63, 3.8) is 0 Å². The fourth-order valence-corrected chi connectivity index (χ4v) is 2.21. The number of ether oxygens (including phenoxy) is 1. The van der Waals surface area contributed by atoms with Gasteiger partial charge in [0.1, 0.15) is 0 Å². The lowest BCUT2D eigenvalue weighted by Gasteiger charge is -2.33. The first-order valence-corrected chi connectivity index (χ1v) is 5.84. The Morgan fingerprint density at radius 2 is 2.15 bits per heavy atom. The molecule has 0 saturated carbocycles. The highest BCUT2D eigenvalue weighted by atomic mass is 35.5. The molecule has 1 fully saturated rings. The number of alkyl halides is 1. The summed E-state index contributed by atoms with van der Waals surface area (Å²) in [5, 5.41) is 0.352. The van der Waals surface area contributed by atoms with E-state index in [-0.39, 0.29) is 0 Å². The molecule has 78 valence electrons. The molecule has 0 amide bonds. The van der Waals surface area contributed by atoms with Crippen LogP contribution in [0, 0.1) is 11.8 Å². The second kappa shape index (κ2) is 5.21. The molecule has 0 aromatic carbocycles. The Kier molecular flexibility index (Phi) is 4.54. The van der Waals surface area contributed by atoms with Crippen LogP contribution in [0.15, 0.2) is 0 Å². The molecular formula is C11H21ClO. The maximum absolute atomic E-state index is 6.26. The first kappa shape index (κ1) is 11.3. The van der Waals surface area contributed by atoms with Crippen molar-refractivity contribution < 1.29 is 4.74 Å². The van der Waals surface area contributed by atoms with Crippen LogP contribution in [0.5, 0.6) is 0 Å². The minimum absolute atomic E-state index is 0.352. The first-order chi connectivity index (χ1) is 6.15. The predicted molar refractivity (Wildman–Crippen MR) is 57.2 cm³/mol. The van der Waals surface area contributed by atoms with Crippen molar-refractivity contribution in [2.45, 2.75) is 51.5 Å². The summed E-state index contributed by atoms with van der Waals surface area (Å²) in [7, 11) is 0. The normalized spacial score (nSPS) is 32.1. The number of rotatable bonds is 3. The third-order valence-corrected chi connectivity index (χ3v) is 3.67. The summed E-state index contributed by atoms with van der Waals surface area (Å²) in [4.78, 5) is 0. The van der Waals surface area contributed by atoms with Crippen molar-refractivity contribution in [2.24, 2.45) is 11.8 Å². The summed E-state index contributed by atoms with van der Waals surface area (Å²) >= 11 is 6.26. The highest BCUT2D eigenvalue weighted by Gasteiger charge is 2.28. The highest BCUT2D eigenvalue weighted by molar-refractivity contribution is 6.20. The molecule has 3 atom stereocenters. The zero-order chi connectivity index (χ0) is 9.84. The molecule has 0 spiro atoms. The number of halogens is 1. The van der Waals surface area contributed by atoms with E-state index in [2.05, 4.69) is 20.8 Å². The van der Waals surface area contributed by atoms with Gasteiger partial charge in [0.2, 0.25) is 0 Å². The second-order valence-electron chi connectivity index (χ2n) is 4.36. The molecule has 0 bridgehead atoms. The van der Waals surface area contributed by atoms with Gasteiger partial charge in [-0.1, -0.05) is 20.8 Å². The average Bonchev–Trinajstić information content (AvgIpc) is 2.17. The minimum atomic E-state index is 0.352. The van der Waals surface area contributed by atoms with Crippen molar-refractivity contribution in [3.8, 4) is 0 Å². The zero-order valence-electron chi connectivity index (χ0n) is 8.92. The van der Waals surface area contributed by atoms with Gasteiger partial charge in [0.05, 0.1) is 6.10 Å². The molecule has 0 aliphatic carbocycles. The molecule has 1 saturated heterocycles. The van der Waals surface area contributed by atoms with Gasteiger partial charge in [-0.2, -0.15) is 0 Å². The van der Waals surface area contributed by atoms with E-state index >= 15 is 0 Å². The Morgan fingerprint density at radius 3 is 2.69 bits per heavy atom. The lowest BCUT2D eigenvalue weighted by Crippen LogP contribution is -2.33. The van der Waals surface area contributed by atoms with Crippen LogP contribution in [0.3, 0.4) is 0 Å². The molecule has 1 aliphatic heterocycles. The molecule has 0 radical (unpaired) electrons. The molecule has 0 aromatic rings. The molecule has 1 rings (SSSR count). The maximum atomic E-state index is 6.26. The summed E-state index contributed by atoms with van der Waals surface area (Å²) in [5.74, 6) is 1.30. The van der Waals surface area contributed by atoms with Gasteiger partial charge in [-0.15, -0.1) is 11.6 Å². The zero-order valence-corrected chi connectivity index (χ0v) is 9.68. The van der Waals surface area contributed by atoms with Crippen molar-refractivity contribution in [3.05, 3.63) is 0 Å². The van der Waals surface area contributed by atoms with Crippen molar-refractivity contribution in [2.75, 3.05) is 6.61 Å². The third kappa shape index (κ3) is 3.14. The maximum Gasteiger partial charge on any atom is 0.0601 e. The van der Waals surface area contributed by atoms with Crippen LogP contribution in [0.2, 0.25) is 0 Å². The molecule has 1 heterocycles. The van der Waals surface area contributed by atoms with E-state index in [1.54, 1.807) is 0 Å². The fraction of sp³-hybridized carbons (Fsp3) is 1.00. The smallest absolute Gasteiger partial charge is 0.0601 e. The van der Waals surface area contributed by atoms with E-state index in [0.717, 1.165) is 25.9 Å². The molecular weight excluding hydrogens is 184 g/mol. The SMILES string of the molecule is CCC(Cl)C1CCOC(C(C)C)C1. The summed E-state index contributed by atoms with van der Waals surface area (Å²) in [5.41, 5.74) is 0. The number of hydrogen-bond donors (Lipinski definition) is 0. The van der Waals surface area contributed by atoms with Gasteiger partial charge in [-0.05, 0) is 31.1 Å². The van der Waals surface area contributed by atoms with Crippen LogP contribution in [0.25, 0.3) is 0 Å². The summed E-state index contributed by atoms with van der Waals surface area (Å²) in [6.45, 7) is 7.51. The Bertz CT molecular complexity index is 147. The fourth-order valence-electron chi connectivity index (χ4n) is 1.98. The largest absolute Gasteiger partial charge is 0.378 e. The molecule has 3 unspecified atom stereocenters. The average molecular weight is 205 g/mol.